The molecule has 1 aromatic rings. The molecule has 1 atom stereocenters. The third kappa shape index (κ3) is 2.24. The topological polar surface area (TPSA) is 55.6 Å². The van der Waals surface area contributed by atoms with Gasteiger partial charge in [0.2, 0.25) is 0 Å². The number of hydrogen-bond acceptors (Lipinski definition) is 4. The third-order valence-corrected chi connectivity index (χ3v) is 2.40. The van der Waals surface area contributed by atoms with Gasteiger partial charge in [-0.15, -0.1) is 0 Å². The van der Waals surface area contributed by atoms with Gasteiger partial charge >= 0.3 is 6.23 Å². The third-order valence-electron chi connectivity index (χ3n) is 2.40. The van der Waals surface area contributed by atoms with Crippen LogP contribution in [0.15, 0.2) is 30.3 Å². The highest BCUT2D eigenvalue weighted by atomic mass is 16.7. The maximum atomic E-state index is 10.6. The van der Waals surface area contributed by atoms with E-state index in [9.17, 15) is 10.1 Å². The lowest BCUT2D eigenvalue weighted by atomic mass is 10.2. The maximum absolute atomic E-state index is 10.6. The first-order valence-electron chi connectivity index (χ1n) is 4.82. The molecular formula is C10H12N2O3. The van der Waals surface area contributed by atoms with Crippen LogP contribution in [0, 0.1) is 10.1 Å². The highest BCUT2D eigenvalue weighted by molar-refractivity contribution is 5.46. The Morgan fingerprint density at radius 2 is 2.13 bits per heavy atom. The first kappa shape index (κ1) is 9.92. The number of rotatable bonds is 2. The summed E-state index contributed by atoms with van der Waals surface area (Å²) in [6.45, 7) is 1.42. The van der Waals surface area contributed by atoms with Crippen molar-refractivity contribution in [3.05, 3.63) is 40.4 Å². The Labute approximate surface area is 87.4 Å². The summed E-state index contributed by atoms with van der Waals surface area (Å²) in [5.41, 5.74) is 1.01. The molecule has 0 N–H and O–H groups in total. The van der Waals surface area contributed by atoms with Crippen LogP contribution in [0.4, 0.5) is 5.69 Å². The van der Waals surface area contributed by atoms with Crippen LogP contribution in [0.3, 0.4) is 0 Å². The number of anilines is 1. The Bertz CT molecular complexity index is 342. The fraction of sp³-hybridized carbons (Fsp3) is 0.400. The first-order chi connectivity index (χ1) is 7.27. The van der Waals surface area contributed by atoms with Crippen LogP contribution in [-0.4, -0.2) is 30.8 Å². The fourth-order valence-corrected chi connectivity index (χ4v) is 1.63. The molecule has 2 rings (SSSR count). The lowest BCUT2D eigenvalue weighted by Gasteiger charge is -2.30. The second-order valence-electron chi connectivity index (χ2n) is 3.39. The number of ether oxygens (including phenoxy) is 1. The molecule has 1 unspecified atom stereocenters. The van der Waals surface area contributed by atoms with E-state index in [0.717, 1.165) is 5.69 Å². The molecule has 15 heavy (non-hydrogen) atoms. The monoisotopic (exact) mass is 208 g/mol. The van der Waals surface area contributed by atoms with Gasteiger partial charge in [0.1, 0.15) is 6.54 Å². The molecule has 1 aliphatic rings. The molecule has 5 heteroatoms. The van der Waals surface area contributed by atoms with E-state index in [0.29, 0.717) is 19.7 Å². The average molecular weight is 208 g/mol. The van der Waals surface area contributed by atoms with Crippen molar-refractivity contribution < 1.29 is 9.66 Å². The van der Waals surface area contributed by atoms with Gasteiger partial charge in [-0.2, -0.15) is 0 Å². The van der Waals surface area contributed by atoms with Gasteiger partial charge in [-0.1, -0.05) is 18.2 Å². The molecule has 0 spiro atoms. The van der Waals surface area contributed by atoms with Crippen molar-refractivity contribution in [2.75, 3.05) is 24.6 Å². The SMILES string of the molecule is O=[N+]([O-])C1CN(c2ccccc2)CCO1. The zero-order chi connectivity index (χ0) is 10.7. The number of morpholine rings is 1. The van der Waals surface area contributed by atoms with E-state index in [4.69, 9.17) is 4.74 Å². The predicted octanol–water partition coefficient (Wildman–Crippen LogP) is 1.13. The summed E-state index contributed by atoms with van der Waals surface area (Å²) in [7, 11) is 0. The molecule has 5 nitrogen and oxygen atoms in total. The minimum Gasteiger partial charge on any atom is -0.360 e. The number of hydrogen-bond donors (Lipinski definition) is 0. The lowest BCUT2D eigenvalue weighted by Crippen LogP contribution is -2.46. The predicted molar refractivity (Wildman–Crippen MR) is 55.4 cm³/mol. The molecule has 1 fully saturated rings. The molecule has 0 aromatic heterocycles. The molecule has 0 amide bonds. The van der Waals surface area contributed by atoms with Crippen molar-refractivity contribution in [2.24, 2.45) is 0 Å². The summed E-state index contributed by atoms with van der Waals surface area (Å²) >= 11 is 0. The van der Waals surface area contributed by atoms with Crippen molar-refractivity contribution in [1.82, 2.24) is 0 Å². The van der Waals surface area contributed by atoms with Gasteiger partial charge in [-0.05, 0) is 12.1 Å². The van der Waals surface area contributed by atoms with E-state index < -0.39 is 6.23 Å². The molecule has 0 saturated carbocycles. The van der Waals surface area contributed by atoms with Gasteiger partial charge in [0, 0.05) is 12.2 Å². The average Bonchev–Trinajstić information content (AvgIpc) is 2.30. The smallest absolute Gasteiger partial charge is 0.332 e. The van der Waals surface area contributed by atoms with Gasteiger partial charge in [0.25, 0.3) is 0 Å². The van der Waals surface area contributed by atoms with Gasteiger partial charge < -0.3 is 9.64 Å². The van der Waals surface area contributed by atoms with Crippen LogP contribution in [0.1, 0.15) is 0 Å². The molecule has 1 heterocycles. The van der Waals surface area contributed by atoms with Crippen molar-refractivity contribution in [2.45, 2.75) is 6.23 Å². The minimum absolute atomic E-state index is 0.316. The molecule has 1 aliphatic heterocycles. The van der Waals surface area contributed by atoms with Crippen LogP contribution in [0.5, 0.6) is 0 Å². The Kier molecular flexibility index (Phi) is 2.82. The van der Waals surface area contributed by atoms with Crippen LogP contribution >= 0.6 is 0 Å². The summed E-state index contributed by atoms with van der Waals surface area (Å²) in [5.74, 6) is 0. The van der Waals surface area contributed by atoms with Crippen LogP contribution < -0.4 is 4.90 Å². The van der Waals surface area contributed by atoms with Crippen LogP contribution in [-0.2, 0) is 4.74 Å². The zero-order valence-corrected chi connectivity index (χ0v) is 8.20. The standard InChI is InChI=1S/C10H12N2O3/c13-12(14)10-8-11(6-7-15-10)9-4-2-1-3-5-9/h1-5,10H,6-8H2. The zero-order valence-electron chi connectivity index (χ0n) is 8.20. The molecule has 1 saturated heterocycles. The molecule has 0 radical (unpaired) electrons. The number of nitro groups is 1. The van der Waals surface area contributed by atoms with Crippen molar-refractivity contribution in [3.63, 3.8) is 0 Å². The Morgan fingerprint density at radius 3 is 2.80 bits per heavy atom. The van der Waals surface area contributed by atoms with Crippen LogP contribution in [0.2, 0.25) is 0 Å². The molecule has 0 bridgehead atoms. The summed E-state index contributed by atoms with van der Waals surface area (Å²) in [4.78, 5) is 12.2. The highest BCUT2D eigenvalue weighted by Gasteiger charge is 2.28. The number of nitrogens with zero attached hydrogens (tertiary/aromatic N) is 2. The molecular weight excluding hydrogens is 196 g/mol. The number of para-hydroxylation sites is 1. The summed E-state index contributed by atoms with van der Waals surface area (Å²) in [6, 6.07) is 9.66. The maximum Gasteiger partial charge on any atom is 0.332 e. The van der Waals surface area contributed by atoms with E-state index in [2.05, 4.69) is 0 Å². The normalized spacial score (nSPS) is 21.3. The van der Waals surface area contributed by atoms with E-state index in [-0.39, 0.29) is 4.92 Å². The summed E-state index contributed by atoms with van der Waals surface area (Å²) in [6.07, 6.45) is -0.904. The van der Waals surface area contributed by atoms with Crippen molar-refractivity contribution >= 4 is 5.69 Å². The van der Waals surface area contributed by atoms with E-state index in [1.807, 2.05) is 35.2 Å². The van der Waals surface area contributed by atoms with Gasteiger partial charge in [0.05, 0.1) is 11.5 Å². The van der Waals surface area contributed by atoms with Gasteiger partial charge in [-0.3, -0.25) is 10.1 Å². The first-order valence-corrected chi connectivity index (χ1v) is 4.82. The van der Waals surface area contributed by atoms with Gasteiger partial charge in [-0.25, -0.2) is 0 Å². The fourth-order valence-electron chi connectivity index (χ4n) is 1.63. The molecule has 1 aromatic carbocycles. The highest BCUT2D eigenvalue weighted by Crippen LogP contribution is 2.16. The Balaban J connectivity index is 2.08. The quantitative estimate of drug-likeness (QED) is 0.540. The molecule has 0 aliphatic carbocycles. The Morgan fingerprint density at radius 1 is 1.40 bits per heavy atom. The largest absolute Gasteiger partial charge is 0.360 e. The second-order valence-corrected chi connectivity index (χ2v) is 3.39. The van der Waals surface area contributed by atoms with Gasteiger partial charge in [0.15, 0.2) is 0 Å². The van der Waals surface area contributed by atoms with Crippen molar-refractivity contribution in [1.29, 1.82) is 0 Å². The number of benzene rings is 1. The van der Waals surface area contributed by atoms with Crippen molar-refractivity contribution in [3.8, 4) is 0 Å². The van der Waals surface area contributed by atoms with E-state index >= 15 is 0 Å². The minimum atomic E-state index is -0.904. The van der Waals surface area contributed by atoms with E-state index in [1.54, 1.807) is 0 Å². The molecule has 80 valence electrons. The summed E-state index contributed by atoms with van der Waals surface area (Å²) in [5, 5.41) is 10.6. The van der Waals surface area contributed by atoms with E-state index in [1.165, 1.54) is 0 Å². The lowest BCUT2D eigenvalue weighted by molar-refractivity contribution is -0.574. The van der Waals surface area contributed by atoms with Crippen LogP contribution in [0.25, 0.3) is 0 Å². The second kappa shape index (κ2) is 4.27. The summed E-state index contributed by atoms with van der Waals surface area (Å²) < 4.78 is 5.05. The Hall–Kier alpha value is -1.62.